The van der Waals surface area contributed by atoms with Crippen molar-refractivity contribution in [2.75, 3.05) is 38.2 Å². The molecule has 1 unspecified atom stereocenters. The Kier molecular flexibility index (Phi) is 8.30. The van der Waals surface area contributed by atoms with Gasteiger partial charge in [0.1, 0.15) is 0 Å². The molecule has 33 heavy (non-hydrogen) atoms. The molecule has 0 bridgehead atoms. The summed E-state index contributed by atoms with van der Waals surface area (Å²) in [6.45, 7) is 0.573. The van der Waals surface area contributed by atoms with Crippen LogP contribution in [0, 0.1) is 0 Å². The molecule has 0 radical (unpaired) electrons. The fraction of sp³-hybridized carbons (Fsp3) is 0.545. The number of hydrogen-bond acceptors (Lipinski definition) is 7. The quantitative estimate of drug-likeness (QED) is 0.412. The van der Waals surface area contributed by atoms with Crippen LogP contribution in [0.5, 0.6) is 0 Å². The molecule has 2 heterocycles. The second-order valence-corrected chi connectivity index (χ2v) is 12.6. The molecule has 2 aliphatic heterocycles. The first-order valence-electron chi connectivity index (χ1n) is 11.0. The number of sulfonamides is 1. The Morgan fingerprint density at radius 3 is 2.33 bits per heavy atom. The maximum absolute atomic E-state index is 12.8. The summed E-state index contributed by atoms with van der Waals surface area (Å²) in [5, 5.41) is 0. The van der Waals surface area contributed by atoms with E-state index in [1.54, 1.807) is 12.1 Å². The van der Waals surface area contributed by atoms with Gasteiger partial charge in [0, 0.05) is 32.3 Å². The molecule has 0 aromatic heterocycles. The second-order valence-electron chi connectivity index (χ2n) is 8.39. The Bertz CT molecular complexity index is 1090. The van der Waals surface area contributed by atoms with Crippen LogP contribution in [0.4, 0.5) is 0 Å². The van der Waals surface area contributed by atoms with Gasteiger partial charge in [-0.2, -0.15) is 4.31 Å². The molecule has 0 aliphatic carbocycles. The topological polar surface area (TPSA) is 118 Å². The van der Waals surface area contributed by atoms with Gasteiger partial charge >= 0.3 is 5.97 Å². The van der Waals surface area contributed by atoms with Crippen LogP contribution in [-0.4, -0.2) is 82.2 Å². The van der Waals surface area contributed by atoms with E-state index in [0.717, 1.165) is 31.8 Å². The number of sulfone groups is 1. The first kappa shape index (κ1) is 25.4. The SMILES string of the molecule is CN(C(=O)COC(=O)C=Cc1ccc(S(=O)(=O)N2CCCCCC2)cc1)C1CCS(=O)(=O)C1. The maximum atomic E-state index is 12.8. The van der Waals surface area contributed by atoms with Crippen LogP contribution < -0.4 is 0 Å². The molecule has 11 heteroatoms. The van der Waals surface area contributed by atoms with Crippen LogP contribution in [0.1, 0.15) is 37.7 Å². The van der Waals surface area contributed by atoms with Gasteiger partial charge in [0.25, 0.3) is 5.91 Å². The van der Waals surface area contributed by atoms with Crippen molar-refractivity contribution >= 4 is 37.8 Å². The largest absolute Gasteiger partial charge is 0.452 e. The third kappa shape index (κ3) is 6.87. The predicted molar refractivity (Wildman–Crippen MR) is 123 cm³/mol. The number of carbonyl (C=O) groups excluding carboxylic acids is 2. The van der Waals surface area contributed by atoms with E-state index in [9.17, 15) is 26.4 Å². The van der Waals surface area contributed by atoms with Crippen molar-refractivity contribution in [3.63, 3.8) is 0 Å². The number of likely N-dealkylation sites (N-methyl/N-ethyl adjacent to an activating group) is 1. The monoisotopic (exact) mass is 498 g/mol. The highest BCUT2D eigenvalue weighted by Crippen LogP contribution is 2.21. The number of carbonyl (C=O) groups is 2. The van der Waals surface area contributed by atoms with Crippen molar-refractivity contribution in [2.45, 2.75) is 43.0 Å². The summed E-state index contributed by atoms with van der Waals surface area (Å²) < 4.78 is 55.2. The summed E-state index contributed by atoms with van der Waals surface area (Å²) in [5.74, 6) is -1.22. The zero-order valence-electron chi connectivity index (χ0n) is 18.7. The number of ether oxygens (including phenoxy) is 1. The van der Waals surface area contributed by atoms with E-state index < -0.39 is 44.4 Å². The lowest BCUT2D eigenvalue weighted by atomic mass is 10.2. The van der Waals surface area contributed by atoms with Crippen molar-refractivity contribution < 1.29 is 31.2 Å². The van der Waals surface area contributed by atoms with Gasteiger partial charge in [0.2, 0.25) is 10.0 Å². The van der Waals surface area contributed by atoms with Crippen LogP contribution in [0.15, 0.2) is 35.2 Å². The molecular formula is C22H30N2O7S2. The summed E-state index contributed by atoms with van der Waals surface area (Å²) in [5.41, 5.74) is 0.612. The van der Waals surface area contributed by atoms with Crippen molar-refractivity contribution in [3.8, 4) is 0 Å². The molecule has 0 saturated carbocycles. The van der Waals surface area contributed by atoms with Crippen molar-refractivity contribution in [1.29, 1.82) is 0 Å². The van der Waals surface area contributed by atoms with E-state index in [0.29, 0.717) is 25.1 Å². The van der Waals surface area contributed by atoms with E-state index in [1.807, 2.05) is 0 Å². The fourth-order valence-electron chi connectivity index (χ4n) is 3.91. The number of rotatable bonds is 7. The number of hydrogen-bond donors (Lipinski definition) is 0. The summed E-state index contributed by atoms with van der Waals surface area (Å²) in [7, 11) is -5.16. The van der Waals surface area contributed by atoms with Crippen LogP contribution in [0.3, 0.4) is 0 Å². The molecule has 1 aromatic carbocycles. The van der Waals surface area contributed by atoms with E-state index in [4.69, 9.17) is 4.74 Å². The predicted octanol–water partition coefficient (Wildman–Crippen LogP) is 1.45. The molecular weight excluding hydrogens is 468 g/mol. The first-order valence-corrected chi connectivity index (χ1v) is 14.3. The van der Waals surface area contributed by atoms with Gasteiger partial charge < -0.3 is 9.64 Å². The number of esters is 1. The third-order valence-electron chi connectivity index (χ3n) is 5.98. The van der Waals surface area contributed by atoms with Gasteiger partial charge in [0.05, 0.1) is 16.4 Å². The molecule has 1 aromatic rings. The van der Waals surface area contributed by atoms with Crippen LogP contribution >= 0.6 is 0 Å². The molecule has 2 fully saturated rings. The van der Waals surface area contributed by atoms with Crippen molar-refractivity contribution in [2.24, 2.45) is 0 Å². The number of amides is 1. The number of benzene rings is 1. The lowest BCUT2D eigenvalue weighted by Gasteiger charge is -2.22. The molecule has 3 rings (SSSR count). The van der Waals surface area contributed by atoms with Gasteiger partial charge in [-0.15, -0.1) is 0 Å². The molecule has 9 nitrogen and oxygen atoms in total. The highest BCUT2D eigenvalue weighted by molar-refractivity contribution is 7.91. The minimum Gasteiger partial charge on any atom is -0.452 e. The Morgan fingerprint density at radius 1 is 1.12 bits per heavy atom. The molecule has 2 saturated heterocycles. The van der Waals surface area contributed by atoms with Gasteiger partial charge in [-0.25, -0.2) is 21.6 Å². The minimum atomic E-state index is -3.54. The van der Waals surface area contributed by atoms with Gasteiger partial charge in [-0.3, -0.25) is 4.79 Å². The normalized spacial score (nSPS) is 21.5. The number of nitrogens with zero attached hydrogens (tertiary/aromatic N) is 2. The fourth-order valence-corrected chi connectivity index (χ4v) is 7.20. The van der Waals surface area contributed by atoms with Crippen LogP contribution in [-0.2, 0) is 34.2 Å². The standard InChI is InChI=1S/C22H30N2O7S2/c1-23(19-12-15-32(27,28)17-19)21(25)16-31-22(26)11-8-18-6-9-20(10-7-18)33(29,30)24-13-4-2-3-5-14-24/h6-11,19H,2-5,12-17H2,1H3. The average Bonchev–Trinajstić information content (AvgIpc) is 2.98. The summed E-state index contributed by atoms with van der Waals surface area (Å²) in [6.07, 6.45) is 6.81. The maximum Gasteiger partial charge on any atom is 0.331 e. The Balaban J connectivity index is 1.51. The zero-order chi connectivity index (χ0) is 24.1. The Labute approximate surface area is 195 Å². The molecule has 0 spiro atoms. The minimum absolute atomic E-state index is 0.0515. The van der Waals surface area contributed by atoms with Crippen molar-refractivity contribution in [1.82, 2.24) is 9.21 Å². The summed E-state index contributed by atoms with van der Waals surface area (Å²) >= 11 is 0. The summed E-state index contributed by atoms with van der Waals surface area (Å²) in [6, 6.07) is 5.83. The summed E-state index contributed by atoms with van der Waals surface area (Å²) in [4.78, 5) is 25.7. The lowest BCUT2D eigenvalue weighted by Crippen LogP contribution is -2.40. The lowest BCUT2D eigenvalue weighted by molar-refractivity contribution is -0.148. The van der Waals surface area contributed by atoms with E-state index >= 15 is 0 Å². The average molecular weight is 499 g/mol. The molecule has 2 aliphatic rings. The van der Waals surface area contributed by atoms with Crippen LogP contribution in [0.25, 0.3) is 6.08 Å². The van der Waals surface area contributed by atoms with Crippen molar-refractivity contribution in [3.05, 3.63) is 35.9 Å². The molecule has 0 N–H and O–H groups in total. The first-order chi connectivity index (χ1) is 15.6. The Morgan fingerprint density at radius 2 is 1.76 bits per heavy atom. The van der Waals surface area contributed by atoms with Gasteiger partial charge in [-0.1, -0.05) is 25.0 Å². The van der Waals surface area contributed by atoms with Gasteiger partial charge in [0.15, 0.2) is 16.4 Å². The highest BCUT2D eigenvalue weighted by atomic mass is 32.2. The smallest absolute Gasteiger partial charge is 0.331 e. The van der Waals surface area contributed by atoms with E-state index in [1.165, 1.54) is 34.5 Å². The van der Waals surface area contributed by atoms with Gasteiger partial charge in [-0.05, 0) is 43.0 Å². The molecule has 1 atom stereocenters. The van der Waals surface area contributed by atoms with E-state index in [2.05, 4.69) is 0 Å². The molecule has 182 valence electrons. The second kappa shape index (κ2) is 10.8. The third-order valence-corrected chi connectivity index (χ3v) is 9.65. The zero-order valence-corrected chi connectivity index (χ0v) is 20.3. The highest BCUT2D eigenvalue weighted by Gasteiger charge is 2.32. The Hall–Kier alpha value is -2.24. The molecule has 1 amide bonds. The van der Waals surface area contributed by atoms with Crippen LogP contribution in [0.2, 0.25) is 0 Å². The van der Waals surface area contributed by atoms with E-state index in [-0.39, 0.29) is 16.4 Å².